The molecule has 1 aliphatic carbocycles. The van der Waals surface area contributed by atoms with Crippen molar-refractivity contribution in [1.82, 2.24) is 0 Å². The molecule has 1 saturated carbocycles. The fourth-order valence-electron chi connectivity index (χ4n) is 5.40. The highest BCUT2D eigenvalue weighted by Gasteiger charge is 2.21. The van der Waals surface area contributed by atoms with Gasteiger partial charge in [-0.05, 0) is 72.6 Å². The zero-order valence-corrected chi connectivity index (χ0v) is 20.3. The molecule has 4 rings (SSSR count). The fraction of sp³-hybridized carbons (Fsp3) is 0.419. The summed E-state index contributed by atoms with van der Waals surface area (Å²) < 4.78 is 44.9. The van der Waals surface area contributed by atoms with E-state index in [4.69, 9.17) is 0 Å². The van der Waals surface area contributed by atoms with Gasteiger partial charge in [-0.25, -0.2) is 13.2 Å². The number of hydrogen-bond donors (Lipinski definition) is 0. The molecule has 1 fully saturated rings. The maximum Gasteiger partial charge on any atom is 0.169 e. The fourth-order valence-corrected chi connectivity index (χ4v) is 5.40. The second kappa shape index (κ2) is 11.3. The lowest BCUT2D eigenvalue weighted by Gasteiger charge is -2.27. The molecule has 0 amide bonds. The van der Waals surface area contributed by atoms with Crippen molar-refractivity contribution in [2.24, 2.45) is 11.8 Å². The molecule has 3 aromatic rings. The van der Waals surface area contributed by atoms with Crippen LogP contribution in [0.15, 0.2) is 54.6 Å². The van der Waals surface area contributed by atoms with E-state index in [1.807, 2.05) is 43.3 Å². The average molecular weight is 465 g/mol. The number of fused-ring (bicyclic) bond motifs is 1. The summed E-state index contributed by atoms with van der Waals surface area (Å²) in [7, 11) is 0. The van der Waals surface area contributed by atoms with E-state index in [1.165, 1.54) is 44.1 Å². The second-order valence-corrected chi connectivity index (χ2v) is 9.83. The highest BCUT2D eigenvalue weighted by atomic mass is 19.2. The van der Waals surface area contributed by atoms with Crippen LogP contribution < -0.4 is 0 Å². The molecular weight excluding hydrogens is 429 g/mol. The Morgan fingerprint density at radius 2 is 1.53 bits per heavy atom. The van der Waals surface area contributed by atoms with Crippen molar-refractivity contribution < 1.29 is 13.2 Å². The first-order valence-electron chi connectivity index (χ1n) is 12.8. The first kappa shape index (κ1) is 24.6. The third-order valence-electron chi connectivity index (χ3n) is 7.66. The van der Waals surface area contributed by atoms with Gasteiger partial charge in [-0.15, -0.1) is 0 Å². The standard InChI is InChI=1S/C31H35F3/c1-3-5-6-7-26-20-25-18-19-27(30(33)28(25)31(34)29(26)32)24-16-14-23(15-17-24)13-12-22-10-8-21(4-2)9-11-22/h3,5,14-22H,4,6-13H2,1-2H3/b5-3+. The van der Waals surface area contributed by atoms with Gasteiger partial charge in [0.15, 0.2) is 11.6 Å². The highest BCUT2D eigenvalue weighted by Crippen LogP contribution is 2.35. The normalized spacial score (nSPS) is 18.7. The molecule has 0 atom stereocenters. The van der Waals surface area contributed by atoms with Gasteiger partial charge in [-0.2, -0.15) is 0 Å². The van der Waals surface area contributed by atoms with Crippen molar-refractivity contribution in [1.29, 1.82) is 0 Å². The molecule has 1 aliphatic rings. The molecule has 0 radical (unpaired) electrons. The molecule has 0 N–H and O–H groups in total. The van der Waals surface area contributed by atoms with Gasteiger partial charge < -0.3 is 0 Å². The van der Waals surface area contributed by atoms with Crippen LogP contribution in [0.5, 0.6) is 0 Å². The van der Waals surface area contributed by atoms with Gasteiger partial charge in [0.05, 0.1) is 5.39 Å². The topological polar surface area (TPSA) is 0 Å². The molecule has 0 aliphatic heterocycles. The summed E-state index contributed by atoms with van der Waals surface area (Å²) in [4.78, 5) is 0. The zero-order valence-electron chi connectivity index (χ0n) is 20.3. The Labute approximate surface area is 201 Å². The van der Waals surface area contributed by atoms with E-state index in [-0.39, 0.29) is 10.9 Å². The molecule has 34 heavy (non-hydrogen) atoms. The third kappa shape index (κ3) is 5.40. The Hall–Kier alpha value is -2.55. The minimum Gasteiger partial charge on any atom is -0.206 e. The van der Waals surface area contributed by atoms with Gasteiger partial charge in [0, 0.05) is 5.56 Å². The molecule has 180 valence electrons. The van der Waals surface area contributed by atoms with Crippen LogP contribution in [-0.4, -0.2) is 0 Å². The summed E-state index contributed by atoms with van der Waals surface area (Å²) in [5, 5.41) is 0.126. The second-order valence-electron chi connectivity index (χ2n) is 9.83. The summed E-state index contributed by atoms with van der Waals surface area (Å²) in [5.74, 6) is -1.02. The van der Waals surface area contributed by atoms with Crippen LogP contribution in [0.1, 0.15) is 69.9 Å². The van der Waals surface area contributed by atoms with Crippen LogP contribution >= 0.6 is 0 Å². The smallest absolute Gasteiger partial charge is 0.169 e. The van der Waals surface area contributed by atoms with Gasteiger partial charge in [-0.1, -0.05) is 87.6 Å². The van der Waals surface area contributed by atoms with E-state index in [1.54, 1.807) is 18.2 Å². The van der Waals surface area contributed by atoms with Crippen molar-refractivity contribution >= 4 is 10.8 Å². The van der Waals surface area contributed by atoms with E-state index in [2.05, 4.69) is 6.92 Å². The van der Waals surface area contributed by atoms with Gasteiger partial charge in [-0.3, -0.25) is 0 Å². The van der Waals surface area contributed by atoms with E-state index in [0.717, 1.165) is 18.3 Å². The summed E-state index contributed by atoms with van der Waals surface area (Å²) in [6.45, 7) is 4.18. The van der Waals surface area contributed by atoms with E-state index < -0.39 is 17.5 Å². The number of halogens is 3. The van der Waals surface area contributed by atoms with Gasteiger partial charge in [0.1, 0.15) is 5.82 Å². The average Bonchev–Trinajstić information content (AvgIpc) is 2.86. The van der Waals surface area contributed by atoms with Crippen molar-refractivity contribution in [3.63, 3.8) is 0 Å². The van der Waals surface area contributed by atoms with Crippen LogP contribution in [0.3, 0.4) is 0 Å². The number of benzene rings is 3. The molecule has 0 nitrogen and oxygen atoms in total. The third-order valence-corrected chi connectivity index (χ3v) is 7.66. The number of hydrogen-bond acceptors (Lipinski definition) is 0. The zero-order chi connectivity index (χ0) is 24.1. The van der Waals surface area contributed by atoms with Gasteiger partial charge in [0.25, 0.3) is 0 Å². The lowest BCUT2D eigenvalue weighted by Crippen LogP contribution is -2.14. The molecule has 0 bridgehead atoms. The number of allylic oxidation sites excluding steroid dienone is 2. The molecule has 0 heterocycles. The molecule has 0 unspecified atom stereocenters. The molecule has 3 aromatic carbocycles. The van der Waals surface area contributed by atoms with Crippen molar-refractivity contribution in [3.8, 4) is 11.1 Å². The van der Waals surface area contributed by atoms with E-state index in [0.29, 0.717) is 29.4 Å². The summed E-state index contributed by atoms with van der Waals surface area (Å²) in [5.41, 5.74) is 2.51. The molecule has 0 spiro atoms. The molecule has 0 aromatic heterocycles. The SMILES string of the molecule is C/C=C/CCc1cc2ccc(-c3ccc(CCC4CCC(CC)CC4)cc3)c(F)c2c(F)c1F. The van der Waals surface area contributed by atoms with Gasteiger partial charge in [0.2, 0.25) is 0 Å². The Morgan fingerprint density at radius 1 is 0.824 bits per heavy atom. The highest BCUT2D eigenvalue weighted by molar-refractivity contribution is 5.89. The van der Waals surface area contributed by atoms with Crippen LogP contribution in [0.25, 0.3) is 21.9 Å². The number of aryl methyl sites for hydroxylation is 2. The van der Waals surface area contributed by atoms with E-state index in [9.17, 15) is 8.78 Å². The minimum atomic E-state index is -1.10. The van der Waals surface area contributed by atoms with Gasteiger partial charge >= 0.3 is 0 Å². The molecule has 0 saturated heterocycles. The quantitative estimate of drug-likeness (QED) is 0.291. The Morgan fingerprint density at radius 3 is 2.21 bits per heavy atom. The van der Waals surface area contributed by atoms with Crippen LogP contribution in [0.2, 0.25) is 0 Å². The first-order valence-corrected chi connectivity index (χ1v) is 12.8. The maximum atomic E-state index is 15.4. The van der Waals surface area contributed by atoms with Crippen molar-refractivity contribution in [2.75, 3.05) is 0 Å². The molecule has 3 heteroatoms. The largest absolute Gasteiger partial charge is 0.206 e. The lowest BCUT2D eigenvalue weighted by atomic mass is 9.78. The Balaban J connectivity index is 1.50. The Kier molecular flexibility index (Phi) is 8.13. The van der Waals surface area contributed by atoms with Crippen LogP contribution in [0, 0.1) is 29.3 Å². The van der Waals surface area contributed by atoms with Crippen molar-refractivity contribution in [3.05, 3.63) is 83.2 Å². The first-order chi connectivity index (χ1) is 16.5. The Bertz CT molecular complexity index is 1140. The monoisotopic (exact) mass is 464 g/mol. The predicted octanol–water partition coefficient (Wildman–Crippen LogP) is 9.58. The van der Waals surface area contributed by atoms with E-state index >= 15 is 4.39 Å². The minimum absolute atomic E-state index is 0.267. The summed E-state index contributed by atoms with van der Waals surface area (Å²) in [6, 6.07) is 12.8. The summed E-state index contributed by atoms with van der Waals surface area (Å²) >= 11 is 0. The van der Waals surface area contributed by atoms with Crippen LogP contribution in [-0.2, 0) is 12.8 Å². The predicted molar refractivity (Wildman–Crippen MR) is 136 cm³/mol. The lowest BCUT2D eigenvalue weighted by molar-refractivity contribution is 0.259. The molecular formula is C31H35F3. The number of rotatable bonds is 8. The van der Waals surface area contributed by atoms with Crippen LogP contribution in [0.4, 0.5) is 13.2 Å². The maximum absolute atomic E-state index is 15.4. The van der Waals surface area contributed by atoms with Crippen molar-refractivity contribution in [2.45, 2.75) is 71.6 Å². The summed E-state index contributed by atoms with van der Waals surface area (Å²) in [6.07, 6.45) is 13.7.